The molecule has 7 heteroatoms. The Morgan fingerprint density at radius 3 is 2.48 bits per heavy atom. The van der Waals surface area contributed by atoms with Gasteiger partial charge in [-0.1, -0.05) is 6.92 Å². The summed E-state index contributed by atoms with van der Waals surface area (Å²) in [5, 5.41) is 13.3. The Hall–Kier alpha value is -1.89. The van der Waals surface area contributed by atoms with E-state index in [1.54, 1.807) is 22.7 Å². The van der Waals surface area contributed by atoms with E-state index in [4.69, 9.17) is 5.11 Å². The Balaban J connectivity index is 2.01. The van der Waals surface area contributed by atoms with Gasteiger partial charge in [0.2, 0.25) is 0 Å². The minimum atomic E-state index is -0.824. The summed E-state index contributed by atoms with van der Waals surface area (Å²) in [6, 6.07) is -0.508. The fourth-order valence-electron chi connectivity index (χ4n) is 2.61. The third-order valence-electron chi connectivity index (χ3n) is 3.98. The lowest BCUT2D eigenvalue weighted by Gasteiger charge is -2.36. The van der Waals surface area contributed by atoms with Gasteiger partial charge >= 0.3 is 5.97 Å². The standard InChI is InChI=1S/C14H22N4O3/c1-4-12-11(9-16(3)15-12)13(19)18-7-5-17(6-8-18)10(2)14(20)21/h9-10H,4-8H2,1-3H3,(H,20,21). The van der Waals surface area contributed by atoms with E-state index in [-0.39, 0.29) is 5.91 Å². The zero-order valence-corrected chi connectivity index (χ0v) is 12.7. The quantitative estimate of drug-likeness (QED) is 0.859. The van der Waals surface area contributed by atoms with Crippen molar-refractivity contribution >= 4 is 11.9 Å². The van der Waals surface area contributed by atoms with Crippen LogP contribution < -0.4 is 0 Å². The van der Waals surface area contributed by atoms with E-state index in [1.807, 2.05) is 18.9 Å². The van der Waals surface area contributed by atoms with E-state index in [1.165, 1.54) is 0 Å². The maximum atomic E-state index is 12.5. The number of carbonyl (C=O) groups is 2. The zero-order chi connectivity index (χ0) is 15.6. The molecule has 1 atom stereocenters. The molecule has 1 aromatic rings. The predicted molar refractivity (Wildman–Crippen MR) is 77.2 cm³/mol. The molecule has 1 unspecified atom stereocenters. The Kier molecular flexibility index (Phi) is 4.62. The van der Waals surface area contributed by atoms with Crippen molar-refractivity contribution in [3.05, 3.63) is 17.5 Å². The lowest BCUT2D eigenvalue weighted by atomic mass is 10.1. The third-order valence-corrected chi connectivity index (χ3v) is 3.98. The van der Waals surface area contributed by atoms with Crippen LogP contribution in [0.2, 0.25) is 0 Å². The molecule has 1 N–H and O–H groups in total. The van der Waals surface area contributed by atoms with Crippen LogP contribution in [0.1, 0.15) is 29.9 Å². The number of carboxylic acid groups (broad SMARTS) is 1. The summed E-state index contributed by atoms with van der Waals surface area (Å²) in [7, 11) is 1.81. The first-order chi connectivity index (χ1) is 9.93. The highest BCUT2D eigenvalue weighted by molar-refractivity contribution is 5.95. The summed E-state index contributed by atoms with van der Waals surface area (Å²) in [4.78, 5) is 27.2. The van der Waals surface area contributed by atoms with E-state index in [0.717, 1.165) is 12.1 Å². The van der Waals surface area contributed by atoms with Crippen molar-refractivity contribution in [2.75, 3.05) is 26.2 Å². The predicted octanol–water partition coefficient (Wildman–Crippen LogP) is 0.213. The Morgan fingerprint density at radius 2 is 1.95 bits per heavy atom. The van der Waals surface area contributed by atoms with Gasteiger partial charge in [-0.2, -0.15) is 5.10 Å². The van der Waals surface area contributed by atoms with Crippen molar-refractivity contribution in [3.8, 4) is 0 Å². The topological polar surface area (TPSA) is 78.7 Å². The molecule has 0 saturated carbocycles. The van der Waals surface area contributed by atoms with Gasteiger partial charge in [-0.3, -0.25) is 19.2 Å². The van der Waals surface area contributed by atoms with Gasteiger partial charge in [0.15, 0.2) is 0 Å². The molecule has 1 amide bonds. The molecule has 1 aliphatic heterocycles. The first-order valence-electron chi connectivity index (χ1n) is 7.22. The van der Waals surface area contributed by atoms with Crippen LogP contribution in [0.5, 0.6) is 0 Å². The highest BCUT2D eigenvalue weighted by Crippen LogP contribution is 2.14. The van der Waals surface area contributed by atoms with E-state index >= 15 is 0 Å². The Bertz CT molecular complexity index is 532. The minimum absolute atomic E-state index is 0.0115. The van der Waals surface area contributed by atoms with Gasteiger partial charge in [-0.15, -0.1) is 0 Å². The third kappa shape index (κ3) is 3.24. The molecule has 0 radical (unpaired) electrons. The van der Waals surface area contributed by atoms with Gasteiger partial charge < -0.3 is 10.0 Å². The number of aromatic nitrogens is 2. The molecular formula is C14H22N4O3. The number of carboxylic acids is 1. The summed E-state index contributed by atoms with van der Waals surface area (Å²) in [6.07, 6.45) is 2.48. The molecule has 2 rings (SSSR count). The molecule has 1 fully saturated rings. The minimum Gasteiger partial charge on any atom is -0.480 e. The van der Waals surface area contributed by atoms with Gasteiger partial charge in [-0.25, -0.2) is 0 Å². The summed E-state index contributed by atoms with van der Waals surface area (Å²) in [5.74, 6) is -0.835. The van der Waals surface area contributed by atoms with Crippen molar-refractivity contribution in [2.45, 2.75) is 26.3 Å². The summed E-state index contributed by atoms with van der Waals surface area (Å²) in [6.45, 7) is 5.92. The summed E-state index contributed by atoms with van der Waals surface area (Å²) >= 11 is 0. The average Bonchev–Trinajstić information content (AvgIpc) is 2.86. The van der Waals surface area contributed by atoms with Crippen LogP contribution in [0.4, 0.5) is 0 Å². The van der Waals surface area contributed by atoms with Crippen molar-refractivity contribution in [1.82, 2.24) is 19.6 Å². The van der Waals surface area contributed by atoms with Gasteiger partial charge in [0.1, 0.15) is 6.04 Å². The normalized spacial score (nSPS) is 17.8. The molecule has 0 aliphatic carbocycles. The maximum absolute atomic E-state index is 12.5. The van der Waals surface area contributed by atoms with Crippen molar-refractivity contribution in [1.29, 1.82) is 0 Å². The molecule has 7 nitrogen and oxygen atoms in total. The van der Waals surface area contributed by atoms with Crippen molar-refractivity contribution in [2.24, 2.45) is 7.05 Å². The van der Waals surface area contributed by atoms with Crippen molar-refractivity contribution < 1.29 is 14.7 Å². The second-order valence-corrected chi connectivity index (χ2v) is 5.36. The molecule has 0 bridgehead atoms. The van der Waals surface area contributed by atoms with Crippen LogP contribution in [0.3, 0.4) is 0 Å². The number of rotatable bonds is 4. The summed E-state index contributed by atoms with van der Waals surface area (Å²) < 4.78 is 1.66. The number of hydrogen-bond donors (Lipinski definition) is 1. The Morgan fingerprint density at radius 1 is 1.33 bits per heavy atom. The second kappa shape index (κ2) is 6.26. The van der Waals surface area contributed by atoms with Crippen LogP contribution in [-0.4, -0.2) is 68.8 Å². The summed E-state index contributed by atoms with van der Waals surface area (Å²) in [5.41, 5.74) is 1.46. The van der Waals surface area contributed by atoms with Crippen LogP contribution in [0.15, 0.2) is 6.20 Å². The first kappa shape index (κ1) is 15.5. The number of amides is 1. The van der Waals surface area contributed by atoms with Crippen LogP contribution in [-0.2, 0) is 18.3 Å². The maximum Gasteiger partial charge on any atom is 0.320 e. The molecule has 116 valence electrons. The monoisotopic (exact) mass is 294 g/mol. The Labute approximate surface area is 124 Å². The molecule has 21 heavy (non-hydrogen) atoms. The fourth-order valence-corrected chi connectivity index (χ4v) is 2.61. The highest BCUT2D eigenvalue weighted by Gasteiger charge is 2.28. The molecule has 0 aromatic carbocycles. The first-order valence-corrected chi connectivity index (χ1v) is 7.22. The van der Waals surface area contributed by atoms with Gasteiger partial charge in [0.05, 0.1) is 11.3 Å². The fraction of sp³-hybridized carbons (Fsp3) is 0.643. The number of piperazine rings is 1. The number of carbonyl (C=O) groups excluding carboxylic acids is 1. The average molecular weight is 294 g/mol. The van der Waals surface area contributed by atoms with E-state index < -0.39 is 12.0 Å². The van der Waals surface area contributed by atoms with E-state index in [0.29, 0.717) is 31.7 Å². The smallest absolute Gasteiger partial charge is 0.320 e. The van der Waals surface area contributed by atoms with Crippen LogP contribution in [0.25, 0.3) is 0 Å². The molecule has 2 heterocycles. The van der Waals surface area contributed by atoms with Gasteiger partial charge in [0.25, 0.3) is 5.91 Å². The van der Waals surface area contributed by atoms with Crippen molar-refractivity contribution in [3.63, 3.8) is 0 Å². The number of hydrogen-bond acceptors (Lipinski definition) is 4. The lowest BCUT2D eigenvalue weighted by molar-refractivity contribution is -0.143. The number of aliphatic carboxylic acids is 1. The van der Waals surface area contributed by atoms with Crippen LogP contribution in [0, 0.1) is 0 Å². The molecule has 1 aliphatic rings. The van der Waals surface area contributed by atoms with Crippen LogP contribution >= 0.6 is 0 Å². The largest absolute Gasteiger partial charge is 0.480 e. The zero-order valence-electron chi connectivity index (χ0n) is 12.7. The van der Waals surface area contributed by atoms with E-state index in [9.17, 15) is 9.59 Å². The van der Waals surface area contributed by atoms with E-state index in [2.05, 4.69) is 5.10 Å². The molecule has 1 saturated heterocycles. The van der Waals surface area contributed by atoms with Gasteiger partial charge in [-0.05, 0) is 13.3 Å². The lowest BCUT2D eigenvalue weighted by Crippen LogP contribution is -2.53. The molecule has 0 spiro atoms. The number of aryl methyl sites for hydroxylation is 2. The SMILES string of the molecule is CCc1nn(C)cc1C(=O)N1CCN(C(C)C(=O)O)CC1. The van der Waals surface area contributed by atoms with Gasteiger partial charge in [0, 0.05) is 39.4 Å². The second-order valence-electron chi connectivity index (χ2n) is 5.36. The highest BCUT2D eigenvalue weighted by atomic mass is 16.4. The molecular weight excluding hydrogens is 272 g/mol. The molecule has 1 aromatic heterocycles. The number of nitrogens with zero attached hydrogens (tertiary/aromatic N) is 4.